The number of nitrogens with zero attached hydrogens (tertiary/aromatic N) is 1. The number of nitrogens with one attached hydrogen (secondary N) is 1. The van der Waals surface area contributed by atoms with Gasteiger partial charge in [0.05, 0.1) is 11.9 Å². The average Bonchev–Trinajstić information content (AvgIpc) is 1.88. The summed E-state index contributed by atoms with van der Waals surface area (Å²) < 4.78 is 24.3. The predicted octanol–water partition coefficient (Wildman–Crippen LogP) is 1.27. The number of hydrogen-bond donors (Lipinski definition) is 1. The van der Waals surface area contributed by atoms with Crippen molar-refractivity contribution < 1.29 is 8.78 Å². The van der Waals surface area contributed by atoms with E-state index in [9.17, 15) is 14.0 Å². The van der Waals surface area contributed by atoms with Gasteiger partial charge in [0.25, 0.3) is 0 Å². The molecule has 1 N–H and O–H groups in total. The molecule has 0 aliphatic rings. The Bertz CT molecular complexity index is 241. The van der Waals surface area contributed by atoms with Gasteiger partial charge in [-0.05, 0) is 0 Å². The minimum atomic E-state index is -0.948. The maximum atomic E-state index is 12.3. The van der Waals surface area contributed by atoms with Crippen LogP contribution < -0.4 is 5.48 Å². The van der Waals surface area contributed by atoms with Crippen LogP contribution in [0.25, 0.3) is 0 Å². The van der Waals surface area contributed by atoms with Gasteiger partial charge in [0.1, 0.15) is 0 Å². The third-order valence-electron chi connectivity index (χ3n) is 0.930. The average molecular weight is 145 g/mol. The maximum Gasteiger partial charge on any atom is 0.215 e. The normalized spacial score (nSPS) is 9.50. The molecular weight excluding hydrogens is 142 g/mol. The molecule has 5 heteroatoms. The Hall–Kier alpha value is -1.23. The van der Waals surface area contributed by atoms with Gasteiger partial charge in [-0.1, -0.05) is 0 Å². The number of halogens is 2. The lowest BCUT2D eigenvalue weighted by molar-refractivity contribution is 0.554. The largest absolute Gasteiger partial charge is 0.761 e. The predicted molar refractivity (Wildman–Crippen MR) is 31.1 cm³/mol. The molecule has 0 saturated heterocycles. The van der Waals surface area contributed by atoms with Gasteiger partial charge in [-0.15, -0.1) is 0 Å². The van der Waals surface area contributed by atoms with Crippen molar-refractivity contribution in [3.63, 3.8) is 0 Å². The van der Waals surface area contributed by atoms with Crippen molar-refractivity contribution in [1.29, 1.82) is 0 Å². The first-order chi connectivity index (χ1) is 4.74. The smallest absolute Gasteiger partial charge is 0.215 e. The molecule has 1 aromatic rings. The zero-order valence-electron chi connectivity index (χ0n) is 4.77. The highest BCUT2D eigenvalue weighted by Crippen LogP contribution is 2.10. The molecule has 0 aromatic carbocycles. The highest BCUT2D eigenvalue weighted by Gasteiger charge is 1.99. The Morgan fingerprint density at radius 3 is 2.70 bits per heavy atom. The van der Waals surface area contributed by atoms with Crippen LogP contribution in [-0.4, -0.2) is 4.98 Å². The van der Waals surface area contributed by atoms with Crippen molar-refractivity contribution >= 4 is 5.69 Å². The molecule has 0 radical (unpaired) electrons. The molecule has 0 unspecified atom stereocenters. The van der Waals surface area contributed by atoms with Crippen LogP contribution in [0.5, 0.6) is 0 Å². The van der Waals surface area contributed by atoms with Gasteiger partial charge in [-0.25, -0.2) is 9.37 Å². The van der Waals surface area contributed by atoms with Gasteiger partial charge in [0.15, 0.2) is 5.82 Å². The number of pyridine rings is 1. The Kier molecular flexibility index (Phi) is 1.77. The third-order valence-corrected chi connectivity index (χ3v) is 0.930. The zero-order valence-corrected chi connectivity index (χ0v) is 4.77. The lowest BCUT2D eigenvalue weighted by Gasteiger charge is -2.08. The van der Waals surface area contributed by atoms with E-state index in [0.29, 0.717) is 6.07 Å². The molecule has 1 aromatic heterocycles. The molecule has 0 saturated carbocycles. The van der Waals surface area contributed by atoms with Crippen molar-refractivity contribution in [2.75, 3.05) is 5.48 Å². The Balaban J connectivity index is 3.07. The molecule has 0 atom stereocenters. The minimum Gasteiger partial charge on any atom is -0.761 e. The first-order valence-electron chi connectivity index (χ1n) is 2.43. The van der Waals surface area contributed by atoms with Crippen molar-refractivity contribution in [1.82, 2.24) is 4.98 Å². The van der Waals surface area contributed by atoms with E-state index in [1.54, 1.807) is 0 Å². The summed E-state index contributed by atoms with van der Waals surface area (Å²) in [5.74, 6) is -1.89. The summed E-state index contributed by atoms with van der Waals surface area (Å²) in [5.41, 5.74) is 0.908. The Morgan fingerprint density at radius 1 is 1.50 bits per heavy atom. The number of hydrogen-bond acceptors (Lipinski definition) is 3. The Labute approximate surface area is 55.3 Å². The van der Waals surface area contributed by atoms with E-state index in [1.165, 1.54) is 5.48 Å². The fourth-order valence-electron chi connectivity index (χ4n) is 0.483. The van der Waals surface area contributed by atoms with Gasteiger partial charge in [-0.2, -0.15) is 4.39 Å². The summed E-state index contributed by atoms with van der Waals surface area (Å²) in [6.07, 6.45) is 0.789. The third kappa shape index (κ3) is 1.19. The quantitative estimate of drug-likeness (QED) is 0.478. The summed E-state index contributed by atoms with van der Waals surface area (Å²) in [6.45, 7) is 0. The molecule has 0 spiro atoms. The summed E-state index contributed by atoms with van der Waals surface area (Å²) in [7, 11) is 0. The number of rotatable bonds is 1. The first-order valence-corrected chi connectivity index (χ1v) is 2.43. The van der Waals surface area contributed by atoms with Gasteiger partial charge < -0.3 is 10.7 Å². The topological polar surface area (TPSA) is 48.0 Å². The van der Waals surface area contributed by atoms with E-state index in [-0.39, 0.29) is 5.69 Å². The molecule has 1 rings (SSSR count). The molecule has 0 aliphatic carbocycles. The highest BCUT2D eigenvalue weighted by atomic mass is 19.1. The lowest BCUT2D eigenvalue weighted by Crippen LogP contribution is -1.93. The summed E-state index contributed by atoms with van der Waals surface area (Å²) in [6, 6.07) is 0.528. The van der Waals surface area contributed by atoms with E-state index in [1.807, 2.05) is 0 Å². The Morgan fingerprint density at radius 2 is 2.20 bits per heavy atom. The fourth-order valence-corrected chi connectivity index (χ4v) is 0.483. The maximum absolute atomic E-state index is 12.3. The van der Waals surface area contributed by atoms with E-state index in [4.69, 9.17) is 0 Å². The molecule has 0 bridgehead atoms. The van der Waals surface area contributed by atoms with Gasteiger partial charge >= 0.3 is 0 Å². The number of anilines is 1. The van der Waals surface area contributed by atoms with E-state index in [2.05, 4.69) is 4.98 Å². The molecule has 0 aliphatic heterocycles. The van der Waals surface area contributed by atoms with E-state index in [0.717, 1.165) is 6.20 Å². The van der Waals surface area contributed by atoms with Gasteiger partial charge in [-0.3, -0.25) is 0 Å². The second-order valence-electron chi connectivity index (χ2n) is 1.59. The summed E-state index contributed by atoms with van der Waals surface area (Å²) in [4.78, 5) is 3.04. The molecule has 3 nitrogen and oxygen atoms in total. The number of aromatic nitrogens is 1. The van der Waals surface area contributed by atoms with Crippen LogP contribution in [0.3, 0.4) is 0 Å². The molecule has 10 heavy (non-hydrogen) atoms. The van der Waals surface area contributed by atoms with Crippen LogP contribution in [0.2, 0.25) is 0 Å². The molecule has 54 valence electrons. The van der Waals surface area contributed by atoms with Crippen molar-refractivity contribution in [2.45, 2.75) is 0 Å². The second-order valence-corrected chi connectivity index (χ2v) is 1.59. The molecule has 0 fully saturated rings. The monoisotopic (exact) mass is 145 g/mol. The lowest BCUT2D eigenvalue weighted by atomic mass is 10.4. The van der Waals surface area contributed by atoms with Crippen molar-refractivity contribution in [3.8, 4) is 0 Å². The van der Waals surface area contributed by atoms with Crippen molar-refractivity contribution in [3.05, 3.63) is 29.2 Å². The molecule has 0 amide bonds. The summed E-state index contributed by atoms with van der Waals surface area (Å²) in [5, 5.41) is 9.81. The second kappa shape index (κ2) is 2.57. The van der Waals surface area contributed by atoms with Crippen LogP contribution in [0, 0.1) is 17.0 Å². The van der Waals surface area contributed by atoms with E-state index < -0.39 is 11.8 Å². The van der Waals surface area contributed by atoms with Gasteiger partial charge in [0, 0.05) is 6.07 Å². The van der Waals surface area contributed by atoms with Crippen LogP contribution in [-0.2, 0) is 0 Å². The van der Waals surface area contributed by atoms with Crippen LogP contribution in [0.1, 0.15) is 0 Å². The standard InChI is InChI=1S/C5H3F2N2O/c6-3-1-5(7)8-2-4(3)9-10/h1-2,9H/q-1. The van der Waals surface area contributed by atoms with Crippen LogP contribution in [0.4, 0.5) is 14.5 Å². The highest BCUT2D eigenvalue weighted by molar-refractivity contribution is 5.42. The molecular formula is C5H3F2N2O-. The van der Waals surface area contributed by atoms with Crippen LogP contribution in [0.15, 0.2) is 12.3 Å². The summed E-state index contributed by atoms with van der Waals surface area (Å²) >= 11 is 0. The first kappa shape index (κ1) is 6.88. The molecule has 1 heterocycles. The SMILES string of the molecule is [O-]Nc1cnc(F)cc1F. The van der Waals surface area contributed by atoms with E-state index >= 15 is 0 Å². The minimum absolute atomic E-state index is 0.360. The van der Waals surface area contributed by atoms with Crippen LogP contribution >= 0.6 is 0 Å². The fraction of sp³-hybridized carbons (Fsp3) is 0. The van der Waals surface area contributed by atoms with Gasteiger partial charge in [0.2, 0.25) is 5.95 Å². The zero-order chi connectivity index (χ0) is 7.56. The van der Waals surface area contributed by atoms with Crippen molar-refractivity contribution in [2.24, 2.45) is 0 Å².